The summed E-state index contributed by atoms with van der Waals surface area (Å²) < 4.78 is 2.04. The van der Waals surface area contributed by atoms with Gasteiger partial charge in [-0.1, -0.05) is 6.07 Å². The zero-order valence-electron chi connectivity index (χ0n) is 15.0. The number of rotatable bonds is 6. The van der Waals surface area contributed by atoms with Gasteiger partial charge in [-0.2, -0.15) is 0 Å². The summed E-state index contributed by atoms with van der Waals surface area (Å²) in [5, 5.41) is 9.29. The minimum absolute atomic E-state index is 0.366. The summed E-state index contributed by atoms with van der Waals surface area (Å²) in [5.41, 5.74) is 8.82. The number of imidazole rings is 1. The Kier molecular flexibility index (Phi) is 5.36. The second kappa shape index (κ2) is 7.11. The van der Waals surface area contributed by atoms with E-state index in [9.17, 15) is 9.90 Å². The molecule has 0 aliphatic carbocycles. The average molecular weight is 332 g/mol. The van der Waals surface area contributed by atoms with E-state index in [1.165, 1.54) is 10.5 Å². The quantitative estimate of drug-likeness (QED) is 0.786. The van der Waals surface area contributed by atoms with Crippen LogP contribution in [0, 0.1) is 6.92 Å². The molecule has 0 bridgehead atoms. The number of hydrogen-bond donors (Lipinski definition) is 2. The molecule has 6 heteroatoms. The molecule has 0 aliphatic rings. The molecule has 6 nitrogen and oxygen atoms in total. The van der Waals surface area contributed by atoms with E-state index in [-0.39, 0.29) is 5.54 Å². The molecule has 0 atom stereocenters. The molecule has 0 saturated heterocycles. The first-order valence-corrected chi connectivity index (χ1v) is 8.43. The molecule has 132 valence electrons. The van der Waals surface area contributed by atoms with E-state index in [2.05, 4.69) is 17.1 Å². The van der Waals surface area contributed by atoms with Gasteiger partial charge in [-0.3, -0.25) is 0 Å². The summed E-state index contributed by atoms with van der Waals surface area (Å²) >= 11 is 0. The molecule has 1 aromatic heterocycles. The molecule has 0 radical (unpaired) electrons. The van der Waals surface area contributed by atoms with Crippen molar-refractivity contribution in [1.29, 1.82) is 0 Å². The number of fused-ring (bicyclic) bond motifs is 1. The predicted molar refractivity (Wildman–Crippen MR) is 97.2 cm³/mol. The highest BCUT2D eigenvalue weighted by Gasteiger charge is 2.25. The number of hydrogen-bond acceptors (Lipinski definition) is 3. The largest absolute Gasteiger partial charge is 0.465 e. The molecule has 0 unspecified atom stereocenters. The fraction of sp³-hybridized carbons (Fsp3) is 0.556. The van der Waals surface area contributed by atoms with Crippen molar-refractivity contribution in [3.05, 3.63) is 23.8 Å². The number of carboxylic acid groups (broad SMARTS) is 1. The van der Waals surface area contributed by atoms with Crippen molar-refractivity contribution in [2.45, 2.75) is 59.0 Å². The molecule has 2 aromatic rings. The minimum atomic E-state index is -0.859. The lowest BCUT2D eigenvalue weighted by atomic mass is 10.1. The van der Waals surface area contributed by atoms with Gasteiger partial charge in [0.05, 0.1) is 11.0 Å². The number of nitrogens with two attached hydrogens (primary N) is 1. The van der Waals surface area contributed by atoms with Crippen molar-refractivity contribution in [3.8, 4) is 0 Å². The fourth-order valence-corrected chi connectivity index (χ4v) is 2.93. The van der Waals surface area contributed by atoms with Crippen molar-refractivity contribution >= 4 is 23.1 Å². The standard InChI is InChI=1S/C18H28N4O2/c1-13-8-9-15-14(12-13)20-16(19)21(15)10-6-5-7-11-22(17(23)24)18(2,3)4/h8-9,12H,5-7,10-11H2,1-4H3,(H2,19,20)(H,23,24). The van der Waals surface area contributed by atoms with Gasteiger partial charge < -0.3 is 20.3 Å². The van der Waals surface area contributed by atoms with E-state index in [1.54, 1.807) is 0 Å². The van der Waals surface area contributed by atoms with Crippen LogP contribution in [-0.2, 0) is 6.54 Å². The van der Waals surface area contributed by atoms with Gasteiger partial charge in [0.2, 0.25) is 5.95 Å². The smallest absolute Gasteiger partial charge is 0.407 e. The van der Waals surface area contributed by atoms with Crippen LogP contribution >= 0.6 is 0 Å². The van der Waals surface area contributed by atoms with Gasteiger partial charge in [-0.15, -0.1) is 0 Å². The molecule has 2 rings (SSSR count). The van der Waals surface area contributed by atoms with Gasteiger partial charge in [0, 0.05) is 18.6 Å². The molecule has 0 saturated carbocycles. The van der Waals surface area contributed by atoms with Gasteiger partial charge in [0.25, 0.3) is 0 Å². The maximum absolute atomic E-state index is 11.3. The number of nitrogens with zero attached hydrogens (tertiary/aromatic N) is 3. The van der Waals surface area contributed by atoms with E-state index in [0.717, 1.165) is 36.8 Å². The van der Waals surface area contributed by atoms with Gasteiger partial charge in [-0.25, -0.2) is 9.78 Å². The Bertz CT molecular complexity index is 716. The van der Waals surface area contributed by atoms with Crippen LogP contribution in [0.4, 0.5) is 10.7 Å². The van der Waals surface area contributed by atoms with Crippen molar-refractivity contribution in [2.75, 3.05) is 12.3 Å². The molecule has 1 aromatic carbocycles. The van der Waals surface area contributed by atoms with Crippen LogP contribution in [0.1, 0.15) is 45.6 Å². The maximum Gasteiger partial charge on any atom is 0.407 e. The van der Waals surface area contributed by atoms with Crippen LogP contribution in [0.3, 0.4) is 0 Å². The Labute approximate surface area is 143 Å². The van der Waals surface area contributed by atoms with E-state index in [1.807, 2.05) is 38.3 Å². The van der Waals surface area contributed by atoms with Gasteiger partial charge in [-0.05, 0) is 64.7 Å². The molecule has 24 heavy (non-hydrogen) atoms. The monoisotopic (exact) mass is 332 g/mol. The van der Waals surface area contributed by atoms with Crippen molar-refractivity contribution in [2.24, 2.45) is 0 Å². The summed E-state index contributed by atoms with van der Waals surface area (Å²) in [5.74, 6) is 0.539. The Morgan fingerprint density at radius 1 is 1.29 bits per heavy atom. The molecular formula is C18H28N4O2. The number of carbonyl (C=O) groups is 1. The van der Waals surface area contributed by atoms with Crippen LogP contribution in [0.5, 0.6) is 0 Å². The second-order valence-electron chi connectivity index (χ2n) is 7.28. The van der Waals surface area contributed by atoms with Crippen LogP contribution < -0.4 is 5.73 Å². The second-order valence-corrected chi connectivity index (χ2v) is 7.28. The van der Waals surface area contributed by atoms with E-state index >= 15 is 0 Å². The Hall–Kier alpha value is -2.24. The predicted octanol–water partition coefficient (Wildman–Crippen LogP) is 3.88. The van der Waals surface area contributed by atoms with Crippen molar-refractivity contribution in [3.63, 3.8) is 0 Å². The third-order valence-electron chi connectivity index (χ3n) is 4.24. The number of benzene rings is 1. The summed E-state index contributed by atoms with van der Waals surface area (Å²) in [4.78, 5) is 17.2. The first-order valence-electron chi connectivity index (χ1n) is 8.43. The number of anilines is 1. The van der Waals surface area contributed by atoms with E-state index in [4.69, 9.17) is 5.73 Å². The van der Waals surface area contributed by atoms with Gasteiger partial charge in [0.1, 0.15) is 0 Å². The van der Waals surface area contributed by atoms with Crippen LogP contribution in [0.15, 0.2) is 18.2 Å². The first-order chi connectivity index (χ1) is 11.2. The molecular weight excluding hydrogens is 304 g/mol. The Morgan fingerprint density at radius 2 is 2.00 bits per heavy atom. The third kappa shape index (κ3) is 4.19. The number of nitrogen functional groups attached to an aromatic ring is 1. The van der Waals surface area contributed by atoms with Crippen LogP contribution in [-0.4, -0.2) is 37.7 Å². The Morgan fingerprint density at radius 3 is 2.62 bits per heavy atom. The maximum atomic E-state index is 11.3. The van der Waals surface area contributed by atoms with Crippen LogP contribution in [0.2, 0.25) is 0 Å². The first kappa shape index (κ1) is 18.1. The topological polar surface area (TPSA) is 84.4 Å². The SMILES string of the molecule is Cc1ccc2c(c1)nc(N)n2CCCCCN(C(=O)O)C(C)(C)C. The fourth-order valence-electron chi connectivity index (χ4n) is 2.93. The highest BCUT2D eigenvalue weighted by atomic mass is 16.4. The number of unbranched alkanes of at least 4 members (excludes halogenated alkanes) is 2. The summed E-state index contributed by atoms with van der Waals surface area (Å²) in [6.07, 6.45) is 1.88. The lowest BCUT2D eigenvalue weighted by Gasteiger charge is -2.33. The highest BCUT2D eigenvalue weighted by molar-refractivity contribution is 5.79. The van der Waals surface area contributed by atoms with Gasteiger partial charge >= 0.3 is 6.09 Å². The summed E-state index contributed by atoms with van der Waals surface area (Å²) in [6, 6.07) is 6.16. The van der Waals surface area contributed by atoms with E-state index in [0.29, 0.717) is 12.5 Å². The number of aryl methyl sites for hydroxylation is 2. The third-order valence-corrected chi connectivity index (χ3v) is 4.24. The zero-order valence-corrected chi connectivity index (χ0v) is 15.0. The molecule has 0 aliphatic heterocycles. The minimum Gasteiger partial charge on any atom is -0.465 e. The summed E-state index contributed by atoms with van der Waals surface area (Å²) in [6.45, 7) is 9.15. The van der Waals surface area contributed by atoms with E-state index < -0.39 is 6.09 Å². The Balaban J connectivity index is 1.89. The highest BCUT2D eigenvalue weighted by Crippen LogP contribution is 2.20. The normalized spacial score (nSPS) is 11.8. The zero-order chi connectivity index (χ0) is 17.9. The average Bonchev–Trinajstić information content (AvgIpc) is 2.75. The van der Waals surface area contributed by atoms with Crippen LogP contribution in [0.25, 0.3) is 11.0 Å². The molecule has 0 spiro atoms. The van der Waals surface area contributed by atoms with Gasteiger partial charge in [0.15, 0.2) is 0 Å². The number of amides is 1. The van der Waals surface area contributed by atoms with Crippen molar-refractivity contribution in [1.82, 2.24) is 14.5 Å². The molecule has 0 fully saturated rings. The molecule has 1 heterocycles. The lowest BCUT2D eigenvalue weighted by molar-refractivity contribution is 0.0989. The summed E-state index contributed by atoms with van der Waals surface area (Å²) in [7, 11) is 0. The van der Waals surface area contributed by atoms with Crippen molar-refractivity contribution < 1.29 is 9.90 Å². The molecule has 3 N–H and O–H groups in total. The number of aromatic nitrogens is 2. The lowest BCUT2D eigenvalue weighted by Crippen LogP contribution is -2.45. The molecule has 1 amide bonds.